The molecule has 0 unspecified atom stereocenters. The van der Waals surface area contributed by atoms with Crippen LogP contribution in [0.15, 0.2) is 0 Å². The van der Waals surface area contributed by atoms with Crippen LogP contribution in [0, 0.1) is 10.1 Å². The number of thiazole rings is 1. The van der Waals surface area contributed by atoms with Gasteiger partial charge in [-0.15, -0.1) is 0 Å². The van der Waals surface area contributed by atoms with Crippen molar-refractivity contribution in [2.75, 3.05) is 11.9 Å². The fourth-order valence-corrected chi connectivity index (χ4v) is 2.10. The highest BCUT2D eigenvalue weighted by molar-refractivity contribution is 7.19. The van der Waals surface area contributed by atoms with Gasteiger partial charge in [0.05, 0.1) is 4.92 Å². The summed E-state index contributed by atoms with van der Waals surface area (Å²) in [5.74, 6) is -0.136. The largest absolute Gasteiger partial charge is 0.364 e. The molecule has 1 aromatic rings. The summed E-state index contributed by atoms with van der Waals surface area (Å²) in [6, 6.07) is 0. The topological polar surface area (TPSA) is 76.3 Å². The van der Waals surface area contributed by atoms with Crippen LogP contribution in [0.5, 0.6) is 0 Å². The van der Waals surface area contributed by atoms with Gasteiger partial charge in [0, 0.05) is 13.5 Å². The van der Waals surface area contributed by atoms with Crippen LogP contribution in [0.1, 0.15) is 19.8 Å². The van der Waals surface area contributed by atoms with Gasteiger partial charge in [-0.2, -0.15) is 0 Å². The molecule has 0 saturated carbocycles. The summed E-state index contributed by atoms with van der Waals surface area (Å²) in [7, 11) is 1.52. The Labute approximate surface area is 101 Å². The lowest BCUT2D eigenvalue weighted by Crippen LogP contribution is -2.25. The van der Waals surface area contributed by atoms with E-state index in [0.29, 0.717) is 12.8 Å². The van der Waals surface area contributed by atoms with Crippen molar-refractivity contribution in [2.24, 2.45) is 0 Å². The van der Waals surface area contributed by atoms with E-state index in [1.54, 1.807) is 0 Å². The first-order valence-corrected chi connectivity index (χ1v) is 5.74. The summed E-state index contributed by atoms with van der Waals surface area (Å²) in [6.45, 7) is 1.88. The van der Waals surface area contributed by atoms with Crippen LogP contribution >= 0.6 is 22.9 Å². The van der Waals surface area contributed by atoms with Gasteiger partial charge in [0.2, 0.25) is 11.1 Å². The minimum atomic E-state index is -0.609. The fourth-order valence-electron chi connectivity index (χ4n) is 1.03. The molecule has 0 aliphatic carbocycles. The number of hydrogen-bond acceptors (Lipinski definition) is 5. The molecule has 1 heterocycles. The monoisotopic (exact) mass is 263 g/mol. The van der Waals surface area contributed by atoms with E-state index >= 15 is 0 Å². The molecule has 0 N–H and O–H groups in total. The molecule has 1 amide bonds. The molecule has 1 aromatic heterocycles. The summed E-state index contributed by atoms with van der Waals surface area (Å²) in [5.41, 5.74) is 0. The number of anilines is 1. The molecule has 0 saturated heterocycles. The lowest BCUT2D eigenvalue weighted by Gasteiger charge is -2.11. The second-order valence-corrected chi connectivity index (χ2v) is 4.37. The zero-order valence-electron chi connectivity index (χ0n) is 8.77. The summed E-state index contributed by atoms with van der Waals surface area (Å²) in [5, 5.41) is 10.4. The number of amides is 1. The van der Waals surface area contributed by atoms with E-state index in [-0.39, 0.29) is 21.2 Å². The smallest absolute Gasteiger partial charge is 0.291 e. The number of aromatic nitrogens is 1. The highest BCUT2D eigenvalue weighted by atomic mass is 35.5. The van der Waals surface area contributed by atoms with Crippen molar-refractivity contribution < 1.29 is 9.72 Å². The van der Waals surface area contributed by atoms with Gasteiger partial charge < -0.3 is 0 Å². The van der Waals surface area contributed by atoms with Crippen molar-refractivity contribution in [3.63, 3.8) is 0 Å². The normalized spacial score (nSPS) is 10.2. The van der Waals surface area contributed by atoms with Crippen molar-refractivity contribution in [3.8, 4) is 0 Å². The molecular formula is C8H10ClN3O3S. The van der Waals surface area contributed by atoms with E-state index in [4.69, 9.17) is 11.6 Å². The van der Waals surface area contributed by atoms with Crippen molar-refractivity contribution >= 4 is 39.0 Å². The predicted molar refractivity (Wildman–Crippen MR) is 62.1 cm³/mol. The Hall–Kier alpha value is -1.21. The van der Waals surface area contributed by atoms with Crippen molar-refractivity contribution in [2.45, 2.75) is 19.8 Å². The summed E-state index contributed by atoms with van der Waals surface area (Å²) < 4.78 is 0. The summed E-state index contributed by atoms with van der Waals surface area (Å²) >= 11 is 6.38. The number of carbonyl (C=O) groups excluding carboxylic acids is 1. The average molecular weight is 264 g/mol. The number of rotatable bonds is 4. The number of carbonyl (C=O) groups is 1. The van der Waals surface area contributed by atoms with Crippen molar-refractivity contribution in [1.29, 1.82) is 0 Å². The Morgan fingerprint density at radius 3 is 2.75 bits per heavy atom. The van der Waals surface area contributed by atoms with Gasteiger partial charge in [0.15, 0.2) is 5.13 Å². The minimum Gasteiger partial charge on any atom is -0.291 e. The van der Waals surface area contributed by atoms with Crippen LogP contribution in [0.4, 0.5) is 10.1 Å². The van der Waals surface area contributed by atoms with Gasteiger partial charge >= 0.3 is 5.00 Å². The lowest BCUT2D eigenvalue weighted by atomic mass is 10.3. The molecule has 6 nitrogen and oxygen atoms in total. The highest BCUT2D eigenvalue weighted by Crippen LogP contribution is 2.35. The number of hydrogen-bond donors (Lipinski definition) is 0. The molecular weight excluding hydrogens is 254 g/mol. The second-order valence-electron chi connectivity index (χ2n) is 3.05. The first-order valence-electron chi connectivity index (χ1n) is 4.54. The van der Waals surface area contributed by atoms with Crippen LogP contribution in [-0.2, 0) is 4.79 Å². The third-order valence-corrected chi connectivity index (χ3v) is 3.31. The van der Waals surface area contributed by atoms with Gasteiger partial charge in [-0.25, -0.2) is 4.98 Å². The molecule has 0 radical (unpaired) electrons. The van der Waals surface area contributed by atoms with Crippen LogP contribution in [-0.4, -0.2) is 22.9 Å². The number of nitro groups is 1. The predicted octanol–water partition coefficient (Wildman–Crippen LogP) is 2.47. The molecule has 16 heavy (non-hydrogen) atoms. The number of nitrogens with zero attached hydrogens (tertiary/aromatic N) is 3. The molecule has 8 heteroatoms. The van der Waals surface area contributed by atoms with E-state index in [1.807, 2.05) is 6.92 Å². The summed E-state index contributed by atoms with van der Waals surface area (Å²) in [6.07, 6.45) is 1.09. The maximum Gasteiger partial charge on any atom is 0.364 e. The Morgan fingerprint density at radius 2 is 2.31 bits per heavy atom. The highest BCUT2D eigenvalue weighted by Gasteiger charge is 2.23. The molecule has 0 bridgehead atoms. The minimum absolute atomic E-state index is 0.136. The zero-order valence-corrected chi connectivity index (χ0v) is 10.3. The Morgan fingerprint density at radius 1 is 1.69 bits per heavy atom. The second kappa shape index (κ2) is 5.22. The third kappa shape index (κ3) is 2.67. The third-order valence-electron chi connectivity index (χ3n) is 1.85. The van der Waals surface area contributed by atoms with Crippen molar-refractivity contribution in [3.05, 3.63) is 15.3 Å². The average Bonchev–Trinajstić information content (AvgIpc) is 2.59. The standard InChI is InChI=1S/C8H10ClN3O3S/c1-3-4-5(13)11(2)8-10-6(9)7(16-8)12(14)15/h3-4H2,1-2H3. The molecule has 1 rings (SSSR count). The van der Waals surface area contributed by atoms with E-state index in [2.05, 4.69) is 4.98 Å². The van der Waals surface area contributed by atoms with E-state index in [1.165, 1.54) is 11.9 Å². The van der Waals surface area contributed by atoms with E-state index in [9.17, 15) is 14.9 Å². The fraction of sp³-hybridized carbons (Fsp3) is 0.500. The molecule has 88 valence electrons. The van der Waals surface area contributed by atoms with Crippen LogP contribution in [0.25, 0.3) is 0 Å². The Bertz CT molecular complexity index is 421. The zero-order chi connectivity index (χ0) is 12.3. The van der Waals surface area contributed by atoms with Crippen molar-refractivity contribution in [1.82, 2.24) is 4.98 Å². The van der Waals surface area contributed by atoms with Gasteiger partial charge in [-0.3, -0.25) is 19.8 Å². The van der Waals surface area contributed by atoms with Gasteiger partial charge in [0.25, 0.3) is 0 Å². The molecule has 0 aliphatic heterocycles. The quantitative estimate of drug-likeness (QED) is 0.618. The summed E-state index contributed by atoms with van der Waals surface area (Å²) in [4.78, 5) is 26.5. The molecule has 0 aliphatic rings. The Kier molecular flexibility index (Phi) is 4.19. The first-order chi connectivity index (χ1) is 7.47. The molecule has 0 spiro atoms. The Balaban J connectivity index is 2.92. The first kappa shape index (κ1) is 12.9. The molecule has 0 fully saturated rings. The van der Waals surface area contributed by atoms with Crippen LogP contribution in [0.3, 0.4) is 0 Å². The van der Waals surface area contributed by atoms with Crippen LogP contribution < -0.4 is 4.90 Å². The number of halogens is 1. The van der Waals surface area contributed by atoms with Crippen LogP contribution in [0.2, 0.25) is 5.15 Å². The van der Waals surface area contributed by atoms with Gasteiger partial charge in [0.1, 0.15) is 0 Å². The SMILES string of the molecule is CCCC(=O)N(C)c1nc(Cl)c([N+](=O)[O-])s1. The van der Waals surface area contributed by atoms with E-state index in [0.717, 1.165) is 11.3 Å². The van der Waals surface area contributed by atoms with Gasteiger partial charge in [-0.1, -0.05) is 18.5 Å². The maximum absolute atomic E-state index is 11.5. The molecule has 0 aromatic carbocycles. The van der Waals surface area contributed by atoms with E-state index < -0.39 is 4.92 Å². The lowest BCUT2D eigenvalue weighted by molar-refractivity contribution is -0.380. The van der Waals surface area contributed by atoms with Gasteiger partial charge in [-0.05, 0) is 17.8 Å². The maximum atomic E-state index is 11.5. The molecule has 0 atom stereocenters.